The third kappa shape index (κ3) is 2.75. The Bertz CT molecular complexity index is 628. The zero-order chi connectivity index (χ0) is 14.1. The molecule has 104 valence electrons. The summed E-state index contributed by atoms with van der Waals surface area (Å²) in [6.07, 6.45) is 2.09. The summed E-state index contributed by atoms with van der Waals surface area (Å²) in [5.74, 6) is 0.260. The van der Waals surface area contributed by atoms with E-state index in [1.54, 1.807) is 5.51 Å². The number of halogens is 2. The molecule has 0 radical (unpaired) electrons. The number of carbonyl (C=O) groups is 1. The maximum Gasteiger partial charge on any atom is 0.272 e. The predicted molar refractivity (Wildman–Crippen MR) is 84.5 cm³/mol. The summed E-state index contributed by atoms with van der Waals surface area (Å²) in [5, 5.41) is 3.80. The molecule has 0 unspecified atom stereocenters. The minimum absolute atomic E-state index is 0.109. The molecule has 1 N–H and O–H groups in total. The number of hydrogen-bond acceptors (Lipinski definition) is 3. The molecule has 2 atom stereocenters. The molecule has 1 heterocycles. The second-order valence-corrected chi connectivity index (χ2v) is 7.40. The molecule has 1 aromatic carbocycles. The van der Waals surface area contributed by atoms with E-state index >= 15 is 0 Å². The number of hydrogen-bond donors (Lipinski definition) is 1. The van der Waals surface area contributed by atoms with Crippen molar-refractivity contribution in [3.8, 4) is 0 Å². The highest BCUT2D eigenvalue weighted by atomic mass is 79.9. The van der Waals surface area contributed by atoms with Crippen molar-refractivity contribution in [1.29, 1.82) is 0 Å². The molecule has 1 aromatic heterocycles. The third-order valence-corrected chi connectivity index (χ3v) is 5.43. The first-order valence-corrected chi connectivity index (χ1v) is 8.35. The summed E-state index contributed by atoms with van der Waals surface area (Å²) in [7, 11) is 0. The molecule has 2 aromatic rings. The Hall–Kier alpha value is -0.910. The van der Waals surface area contributed by atoms with Gasteiger partial charge in [-0.15, -0.1) is 11.3 Å². The van der Waals surface area contributed by atoms with E-state index in [-0.39, 0.29) is 11.9 Å². The SMILES string of the molecule is O=C(N[C@H]1CC[C@H]1c1ccc(Cl)cc1)c1ncsc1Br. The van der Waals surface area contributed by atoms with E-state index in [0.29, 0.717) is 11.6 Å². The van der Waals surface area contributed by atoms with Crippen LogP contribution in [0.3, 0.4) is 0 Å². The van der Waals surface area contributed by atoms with E-state index < -0.39 is 0 Å². The summed E-state index contributed by atoms with van der Waals surface area (Å²) in [4.78, 5) is 16.2. The molecule has 3 nitrogen and oxygen atoms in total. The smallest absolute Gasteiger partial charge is 0.272 e. The number of nitrogens with zero attached hydrogens (tertiary/aromatic N) is 1. The van der Waals surface area contributed by atoms with Crippen molar-refractivity contribution < 1.29 is 4.79 Å². The van der Waals surface area contributed by atoms with Crippen LogP contribution in [0, 0.1) is 0 Å². The zero-order valence-electron chi connectivity index (χ0n) is 10.5. The number of aromatic nitrogens is 1. The summed E-state index contributed by atoms with van der Waals surface area (Å²) < 4.78 is 0.775. The quantitative estimate of drug-likeness (QED) is 0.877. The van der Waals surface area contributed by atoms with Gasteiger partial charge in [-0.1, -0.05) is 23.7 Å². The molecule has 1 aliphatic rings. The standard InChI is InChI=1S/C14H12BrClN2OS/c15-13-12(17-7-20-13)14(19)18-11-6-5-10(11)8-1-3-9(16)4-2-8/h1-4,7,10-11H,5-6H2,(H,18,19)/t10-,11-/m0/s1. The summed E-state index contributed by atoms with van der Waals surface area (Å²) in [5.41, 5.74) is 3.36. The van der Waals surface area contributed by atoms with Crippen LogP contribution in [0.5, 0.6) is 0 Å². The Morgan fingerprint density at radius 3 is 2.65 bits per heavy atom. The molecule has 0 saturated heterocycles. The van der Waals surface area contributed by atoms with Crippen LogP contribution in [0.25, 0.3) is 0 Å². The second kappa shape index (κ2) is 5.84. The first-order chi connectivity index (χ1) is 9.65. The van der Waals surface area contributed by atoms with Crippen molar-refractivity contribution in [2.75, 3.05) is 0 Å². The monoisotopic (exact) mass is 370 g/mol. The molecule has 6 heteroatoms. The Balaban J connectivity index is 1.68. The van der Waals surface area contributed by atoms with Crippen LogP contribution >= 0.6 is 38.9 Å². The number of nitrogens with one attached hydrogen (secondary N) is 1. The number of thiazole rings is 1. The van der Waals surface area contributed by atoms with Gasteiger partial charge in [0.15, 0.2) is 5.69 Å². The third-order valence-electron chi connectivity index (χ3n) is 3.63. The van der Waals surface area contributed by atoms with Gasteiger partial charge in [0.25, 0.3) is 5.91 Å². The van der Waals surface area contributed by atoms with Gasteiger partial charge in [-0.3, -0.25) is 4.79 Å². The van der Waals surface area contributed by atoms with Gasteiger partial charge < -0.3 is 5.32 Å². The van der Waals surface area contributed by atoms with Gasteiger partial charge in [0.2, 0.25) is 0 Å². The van der Waals surface area contributed by atoms with Crippen LogP contribution in [-0.2, 0) is 0 Å². The molecule has 1 amide bonds. The van der Waals surface area contributed by atoms with Crippen LogP contribution < -0.4 is 5.32 Å². The lowest BCUT2D eigenvalue weighted by Gasteiger charge is -2.37. The van der Waals surface area contributed by atoms with Crippen LogP contribution in [-0.4, -0.2) is 16.9 Å². The molecule has 0 bridgehead atoms. The highest BCUT2D eigenvalue weighted by Gasteiger charge is 2.34. The predicted octanol–water partition coefficient (Wildman–Crippen LogP) is 4.24. The van der Waals surface area contributed by atoms with E-state index in [2.05, 4.69) is 26.2 Å². The molecule has 0 aliphatic heterocycles. The van der Waals surface area contributed by atoms with Gasteiger partial charge >= 0.3 is 0 Å². The van der Waals surface area contributed by atoms with Crippen LogP contribution in [0.15, 0.2) is 33.6 Å². The van der Waals surface area contributed by atoms with E-state index in [4.69, 9.17) is 11.6 Å². The molecular formula is C14H12BrClN2OS. The average molecular weight is 372 g/mol. The van der Waals surface area contributed by atoms with Gasteiger partial charge in [0.1, 0.15) is 3.79 Å². The lowest BCUT2D eigenvalue weighted by molar-refractivity contribution is 0.0899. The molecule has 0 spiro atoms. The van der Waals surface area contributed by atoms with Gasteiger partial charge in [0.05, 0.1) is 5.51 Å². The van der Waals surface area contributed by atoms with E-state index in [1.807, 2.05) is 24.3 Å². The van der Waals surface area contributed by atoms with Crippen molar-refractivity contribution in [2.45, 2.75) is 24.8 Å². The molecule has 1 aliphatic carbocycles. The molecular weight excluding hydrogens is 360 g/mol. The minimum Gasteiger partial charge on any atom is -0.347 e. The Labute approximate surface area is 134 Å². The fourth-order valence-electron chi connectivity index (χ4n) is 2.40. The van der Waals surface area contributed by atoms with Crippen LogP contribution in [0.4, 0.5) is 0 Å². The fraction of sp³-hybridized carbons (Fsp3) is 0.286. The van der Waals surface area contributed by atoms with E-state index in [0.717, 1.165) is 21.7 Å². The van der Waals surface area contributed by atoms with E-state index in [1.165, 1.54) is 16.9 Å². The van der Waals surface area contributed by atoms with Crippen molar-refractivity contribution in [3.05, 3.63) is 49.8 Å². The molecule has 3 rings (SSSR count). The number of benzene rings is 1. The Morgan fingerprint density at radius 2 is 2.10 bits per heavy atom. The van der Waals surface area contributed by atoms with Gasteiger partial charge in [-0.2, -0.15) is 0 Å². The second-order valence-electron chi connectivity index (χ2n) is 4.79. The largest absolute Gasteiger partial charge is 0.347 e. The van der Waals surface area contributed by atoms with Crippen molar-refractivity contribution in [1.82, 2.24) is 10.3 Å². The molecule has 1 fully saturated rings. The Kier molecular flexibility index (Phi) is 4.10. The van der Waals surface area contributed by atoms with Crippen molar-refractivity contribution in [2.24, 2.45) is 0 Å². The lowest BCUT2D eigenvalue weighted by atomic mass is 9.75. The summed E-state index contributed by atoms with van der Waals surface area (Å²) in [6.45, 7) is 0. The summed E-state index contributed by atoms with van der Waals surface area (Å²) >= 11 is 10.7. The fourth-order valence-corrected chi connectivity index (χ4v) is 3.57. The zero-order valence-corrected chi connectivity index (χ0v) is 13.6. The molecule has 1 saturated carbocycles. The highest BCUT2D eigenvalue weighted by Crippen LogP contribution is 2.37. The van der Waals surface area contributed by atoms with E-state index in [9.17, 15) is 4.79 Å². The van der Waals surface area contributed by atoms with Gasteiger partial charge in [-0.05, 0) is 46.5 Å². The first kappa shape index (κ1) is 14.0. The van der Waals surface area contributed by atoms with Crippen LogP contribution in [0.2, 0.25) is 5.02 Å². The lowest BCUT2D eigenvalue weighted by Crippen LogP contribution is -2.45. The van der Waals surface area contributed by atoms with Gasteiger partial charge in [0, 0.05) is 17.0 Å². The maximum atomic E-state index is 12.1. The topological polar surface area (TPSA) is 42.0 Å². The normalized spacial score (nSPS) is 21.3. The number of carbonyl (C=O) groups excluding carboxylic acids is 1. The summed E-state index contributed by atoms with van der Waals surface area (Å²) in [6, 6.07) is 8.03. The minimum atomic E-state index is -0.109. The first-order valence-electron chi connectivity index (χ1n) is 6.30. The maximum absolute atomic E-state index is 12.1. The van der Waals surface area contributed by atoms with Gasteiger partial charge in [-0.25, -0.2) is 4.98 Å². The highest BCUT2D eigenvalue weighted by molar-refractivity contribution is 9.11. The molecule has 20 heavy (non-hydrogen) atoms. The van der Waals surface area contributed by atoms with Crippen molar-refractivity contribution >= 4 is 44.8 Å². The van der Waals surface area contributed by atoms with Crippen LogP contribution in [0.1, 0.15) is 34.8 Å². The Morgan fingerprint density at radius 1 is 1.35 bits per heavy atom. The number of amides is 1. The number of rotatable bonds is 3. The average Bonchev–Trinajstić information content (AvgIpc) is 2.83. The van der Waals surface area contributed by atoms with Crippen molar-refractivity contribution in [3.63, 3.8) is 0 Å².